The Morgan fingerprint density at radius 1 is 0.556 bits per heavy atom. The highest BCUT2D eigenvalue weighted by Gasteiger charge is 2.61. The number of amides is 4. The number of fused-ring (bicyclic) bond motifs is 4. The number of likely N-dealkylation sites (tertiary alicyclic amines) is 2. The van der Waals surface area contributed by atoms with Gasteiger partial charge in [0.15, 0.2) is 0 Å². The smallest absolute Gasteiger partial charge is 0.234 e. The molecule has 9 heteroatoms. The highest BCUT2D eigenvalue weighted by molar-refractivity contribution is 6.08. The van der Waals surface area contributed by atoms with Crippen LogP contribution in [0.4, 0.5) is 0 Å². The van der Waals surface area contributed by atoms with Gasteiger partial charge in [0.1, 0.15) is 17.2 Å². The Bertz CT molecular complexity index is 1700. The van der Waals surface area contributed by atoms with Crippen molar-refractivity contribution in [2.75, 3.05) is 13.1 Å². The Kier molecular flexibility index (Phi) is 7.19. The van der Waals surface area contributed by atoms with E-state index in [1.165, 1.54) is 9.80 Å². The molecule has 4 amide bonds. The van der Waals surface area contributed by atoms with E-state index in [1.54, 1.807) is 72.8 Å². The molecule has 0 bridgehead atoms. The van der Waals surface area contributed by atoms with Crippen LogP contribution in [0.5, 0.6) is 17.2 Å². The Labute approximate surface area is 260 Å². The van der Waals surface area contributed by atoms with E-state index < -0.39 is 29.6 Å². The summed E-state index contributed by atoms with van der Waals surface area (Å²) in [4.78, 5) is 58.2. The van der Waals surface area contributed by atoms with Gasteiger partial charge < -0.3 is 15.3 Å². The van der Waals surface area contributed by atoms with Crippen molar-refractivity contribution < 1.29 is 34.5 Å². The van der Waals surface area contributed by atoms with E-state index in [4.69, 9.17) is 0 Å². The summed E-state index contributed by atoms with van der Waals surface area (Å²) in [6.07, 6.45) is 3.63. The fraction of sp³-hybridized carbons (Fsp3) is 0.333. The van der Waals surface area contributed by atoms with Gasteiger partial charge in [-0.3, -0.25) is 29.0 Å². The van der Waals surface area contributed by atoms with Crippen molar-refractivity contribution in [1.82, 2.24) is 9.80 Å². The molecular weight excluding hydrogens is 572 g/mol. The molecule has 3 fully saturated rings. The molecule has 0 radical (unpaired) electrons. The molecular formula is C36H34N2O7. The summed E-state index contributed by atoms with van der Waals surface area (Å²) in [7, 11) is 0. The van der Waals surface area contributed by atoms with Gasteiger partial charge in [-0.25, -0.2) is 0 Å². The third-order valence-electron chi connectivity index (χ3n) is 10.2. The van der Waals surface area contributed by atoms with E-state index in [2.05, 4.69) is 0 Å². The number of phenols is 3. The lowest BCUT2D eigenvalue weighted by atomic mass is 9.57. The summed E-state index contributed by atoms with van der Waals surface area (Å²) < 4.78 is 0. The standard InChI is InChI=1S/C36H34N2O7/c39-23-7-1-20(2-8-23)15-17-37-33(42)27-14-13-26-28(31(27)35(37)44)19-29-32(30(26)22-5-11-25(41)12-6-22)36(45)38(34(29)43)18-16-21-3-9-24(40)10-4-21/h1-13,27-32,39-41H,14-19H2. The molecule has 2 aliphatic heterocycles. The predicted molar refractivity (Wildman–Crippen MR) is 163 cm³/mol. The van der Waals surface area contributed by atoms with Crippen LogP contribution < -0.4 is 0 Å². The van der Waals surface area contributed by atoms with Crippen LogP contribution in [-0.2, 0) is 32.0 Å². The molecule has 9 nitrogen and oxygen atoms in total. The van der Waals surface area contributed by atoms with Gasteiger partial charge >= 0.3 is 0 Å². The quantitative estimate of drug-likeness (QED) is 0.274. The number of aromatic hydroxyl groups is 3. The first kappa shape index (κ1) is 28.8. The Balaban J connectivity index is 1.18. The predicted octanol–water partition coefficient (Wildman–Crippen LogP) is 3.92. The molecule has 7 rings (SSSR count). The zero-order valence-electron chi connectivity index (χ0n) is 24.6. The Hall–Kier alpha value is -4.92. The average molecular weight is 607 g/mol. The molecule has 3 aromatic rings. The van der Waals surface area contributed by atoms with Gasteiger partial charge in [0.05, 0.1) is 23.7 Å². The first-order valence-electron chi connectivity index (χ1n) is 15.5. The number of benzene rings is 3. The topological polar surface area (TPSA) is 135 Å². The van der Waals surface area contributed by atoms with Gasteiger partial charge in [0, 0.05) is 19.0 Å². The number of imide groups is 2. The van der Waals surface area contributed by atoms with Crippen molar-refractivity contribution in [3.8, 4) is 17.2 Å². The van der Waals surface area contributed by atoms with Crippen LogP contribution in [0, 0.1) is 29.6 Å². The summed E-state index contributed by atoms with van der Waals surface area (Å²) in [5.74, 6) is -3.77. The van der Waals surface area contributed by atoms with Gasteiger partial charge in [-0.1, -0.05) is 48.0 Å². The second-order valence-electron chi connectivity index (χ2n) is 12.6. The van der Waals surface area contributed by atoms with E-state index >= 15 is 0 Å². The maximum atomic E-state index is 14.0. The lowest BCUT2D eigenvalue weighted by Crippen LogP contribution is -2.43. The first-order valence-corrected chi connectivity index (χ1v) is 15.5. The van der Waals surface area contributed by atoms with Crippen LogP contribution in [0.25, 0.3) is 0 Å². The fourth-order valence-electron chi connectivity index (χ4n) is 8.02. The third kappa shape index (κ3) is 4.96. The molecule has 2 saturated heterocycles. The zero-order chi connectivity index (χ0) is 31.4. The van der Waals surface area contributed by atoms with Crippen LogP contribution in [-0.4, -0.2) is 61.8 Å². The minimum atomic E-state index is -0.640. The van der Waals surface area contributed by atoms with Crippen molar-refractivity contribution in [2.24, 2.45) is 29.6 Å². The molecule has 0 aromatic heterocycles. The number of nitrogens with zero attached hydrogens (tertiary/aromatic N) is 2. The van der Waals surface area contributed by atoms with E-state index in [0.29, 0.717) is 25.7 Å². The highest BCUT2D eigenvalue weighted by atomic mass is 16.3. The highest BCUT2D eigenvalue weighted by Crippen LogP contribution is 2.58. The molecule has 4 aliphatic rings. The summed E-state index contributed by atoms with van der Waals surface area (Å²) in [5, 5.41) is 29.2. The van der Waals surface area contributed by atoms with E-state index in [0.717, 1.165) is 22.3 Å². The molecule has 3 N–H and O–H groups in total. The lowest BCUT2D eigenvalue weighted by Gasteiger charge is -2.44. The third-order valence-corrected chi connectivity index (χ3v) is 10.2. The van der Waals surface area contributed by atoms with Gasteiger partial charge in [-0.2, -0.15) is 0 Å². The molecule has 0 spiro atoms. The Morgan fingerprint density at radius 3 is 1.56 bits per heavy atom. The SMILES string of the molecule is O=C1C2CC=C3C(CC4C(=O)N(CCc5ccc(O)cc5)C(=O)C4C3c3ccc(O)cc3)C2C(=O)N1CCc1ccc(O)cc1. The summed E-state index contributed by atoms with van der Waals surface area (Å²) in [6.45, 7) is 0.434. The average Bonchev–Trinajstić information content (AvgIpc) is 3.43. The molecule has 2 aliphatic carbocycles. The largest absolute Gasteiger partial charge is 0.508 e. The maximum Gasteiger partial charge on any atom is 0.234 e. The zero-order valence-corrected chi connectivity index (χ0v) is 24.6. The first-order chi connectivity index (χ1) is 21.7. The van der Waals surface area contributed by atoms with Crippen LogP contribution in [0.3, 0.4) is 0 Å². The van der Waals surface area contributed by atoms with E-state index in [1.807, 2.05) is 6.08 Å². The summed E-state index contributed by atoms with van der Waals surface area (Å²) in [5.41, 5.74) is 3.50. The molecule has 1 saturated carbocycles. The molecule has 6 atom stereocenters. The maximum absolute atomic E-state index is 14.0. The summed E-state index contributed by atoms with van der Waals surface area (Å²) in [6, 6.07) is 20.1. The monoisotopic (exact) mass is 606 g/mol. The number of hydrogen-bond donors (Lipinski definition) is 3. The Morgan fingerprint density at radius 2 is 1.02 bits per heavy atom. The van der Waals surface area contributed by atoms with Crippen molar-refractivity contribution in [3.05, 3.63) is 101 Å². The van der Waals surface area contributed by atoms with Crippen molar-refractivity contribution in [1.29, 1.82) is 0 Å². The number of phenolic OH excluding ortho intramolecular Hbond substituents is 3. The van der Waals surface area contributed by atoms with Crippen molar-refractivity contribution in [3.63, 3.8) is 0 Å². The fourth-order valence-corrected chi connectivity index (χ4v) is 8.02. The van der Waals surface area contributed by atoms with Gasteiger partial charge in [0.25, 0.3) is 0 Å². The van der Waals surface area contributed by atoms with Gasteiger partial charge in [-0.15, -0.1) is 0 Å². The minimum absolute atomic E-state index is 0.0885. The van der Waals surface area contributed by atoms with Gasteiger partial charge in [-0.05, 0) is 84.7 Å². The number of rotatable bonds is 7. The number of allylic oxidation sites excluding steroid dienone is 2. The normalized spacial score (nSPS) is 27.3. The number of hydrogen-bond acceptors (Lipinski definition) is 7. The van der Waals surface area contributed by atoms with Crippen LogP contribution in [0.2, 0.25) is 0 Å². The molecule has 230 valence electrons. The van der Waals surface area contributed by atoms with Crippen molar-refractivity contribution >= 4 is 23.6 Å². The van der Waals surface area contributed by atoms with E-state index in [9.17, 15) is 34.5 Å². The van der Waals surface area contributed by atoms with Crippen LogP contribution >= 0.6 is 0 Å². The van der Waals surface area contributed by atoms with Crippen molar-refractivity contribution in [2.45, 2.75) is 31.6 Å². The molecule has 6 unspecified atom stereocenters. The molecule has 2 heterocycles. The lowest BCUT2D eigenvalue weighted by molar-refractivity contribution is -0.142. The van der Waals surface area contributed by atoms with Gasteiger partial charge in [0.2, 0.25) is 23.6 Å². The summed E-state index contributed by atoms with van der Waals surface area (Å²) >= 11 is 0. The second-order valence-corrected chi connectivity index (χ2v) is 12.6. The molecule has 3 aromatic carbocycles. The molecule has 45 heavy (non-hydrogen) atoms. The van der Waals surface area contributed by atoms with E-state index in [-0.39, 0.29) is 59.9 Å². The number of carbonyl (C=O) groups excluding carboxylic acids is 4. The van der Waals surface area contributed by atoms with Crippen LogP contribution in [0.15, 0.2) is 84.4 Å². The second kappa shape index (κ2) is 11.2. The minimum Gasteiger partial charge on any atom is -0.508 e. The van der Waals surface area contributed by atoms with Crippen LogP contribution in [0.1, 0.15) is 35.4 Å². The number of carbonyl (C=O) groups is 4.